The first-order chi connectivity index (χ1) is 10.6. The predicted molar refractivity (Wildman–Crippen MR) is 90.1 cm³/mol. The topological polar surface area (TPSA) is 71.2 Å². The van der Waals surface area contributed by atoms with Gasteiger partial charge in [-0.15, -0.1) is 0 Å². The number of nitrogens with two attached hydrogens (primary N) is 1. The molecule has 1 aliphatic carbocycles. The number of hydrogen-bond acceptors (Lipinski definition) is 4. The Labute approximate surface area is 133 Å². The van der Waals surface area contributed by atoms with E-state index < -0.39 is 0 Å². The van der Waals surface area contributed by atoms with Crippen molar-refractivity contribution in [3.63, 3.8) is 0 Å². The van der Waals surface area contributed by atoms with E-state index in [9.17, 15) is 4.79 Å². The maximum absolute atomic E-state index is 12.4. The number of carbonyl (C=O) groups excluding carboxylic acids is 1. The van der Waals surface area contributed by atoms with Crippen molar-refractivity contribution in [3.05, 3.63) is 23.9 Å². The van der Waals surface area contributed by atoms with Gasteiger partial charge in [0.1, 0.15) is 5.82 Å². The summed E-state index contributed by atoms with van der Waals surface area (Å²) in [7, 11) is 0. The molecule has 1 saturated carbocycles. The Hall–Kier alpha value is -1.62. The van der Waals surface area contributed by atoms with Crippen molar-refractivity contribution in [1.82, 2.24) is 10.3 Å². The minimum absolute atomic E-state index is 0.0649. The van der Waals surface area contributed by atoms with Gasteiger partial charge in [-0.3, -0.25) is 4.79 Å². The largest absolute Gasteiger partial charge is 0.357 e. The third kappa shape index (κ3) is 3.77. The second-order valence-electron chi connectivity index (χ2n) is 6.13. The second-order valence-corrected chi connectivity index (χ2v) is 6.13. The van der Waals surface area contributed by atoms with Gasteiger partial charge in [-0.2, -0.15) is 0 Å². The molecule has 0 bridgehead atoms. The van der Waals surface area contributed by atoms with Crippen LogP contribution in [0.2, 0.25) is 0 Å². The Morgan fingerprint density at radius 1 is 1.36 bits per heavy atom. The van der Waals surface area contributed by atoms with Gasteiger partial charge in [0.05, 0.1) is 11.1 Å². The van der Waals surface area contributed by atoms with Gasteiger partial charge in [-0.25, -0.2) is 4.98 Å². The number of rotatable bonds is 7. The maximum atomic E-state index is 12.4. The number of amides is 1. The molecule has 0 saturated heterocycles. The molecule has 0 unspecified atom stereocenters. The van der Waals surface area contributed by atoms with E-state index in [-0.39, 0.29) is 11.4 Å². The fourth-order valence-electron chi connectivity index (χ4n) is 3.16. The van der Waals surface area contributed by atoms with E-state index in [0.29, 0.717) is 12.1 Å². The minimum Gasteiger partial charge on any atom is -0.357 e. The summed E-state index contributed by atoms with van der Waals surface area (Å²) in [6, 6.07) is 3.78. The van der Waals surface area contributed by atoms with Gasteiger partial charge < -0.3 is 16.0 Å². The van der Waals surface area contributed by atoms with Crippen molar-refractivity contribution in [2.24, 2.45) is 5.73 Å². The maximum Gasteiger partial charge on any atom is 0.253 e. The monoisotopic (exact) mass is 304 g/mol. The lowest BCUT2D eigenvalue weighted by Gasteiger charge is -2.28. The van der Waals surface area contributed by atoms with Crippen LogP contribution in [0.4, 0.5) is 5.82 Å². The first-order valence-electron chi connectivity index (χ1n) is 8.37. The highest BCUT2D eigenvalue weighted by molar-refractivity contribution is 5.94. The van der Waals surface area contributed by atoms with Crippen molar-refractivity contribution in [1.29, 1.82) is 0 Å². The summed E-state index contributed by atoms with van der Waals surface area (Å²) in [5, 5.41) is 3.13. The summed E-state index contributed by atoms with van der Waals surface area (Å²) >= 11 is 0. The van der Waals surface area contributed by atoms with Gasteiger partial charge >= 0.3 is 0 Å². The lowest BCUT2D eigenvalue weighted by molar-refractivity contribution is 0.0903. The normalized spacial score (nSPS) is 16.5. The minimum atomic E-state index is -0.215. The summed E-state index contributed by atoms with van der Waals surface area (Å²) in [5.74, 6) is 0.861. The van der Waals surface area contributed by atoms with E-state index in [1.54, 1.807) is 6.20 Å². The van der Waals surface area contributed by atoms with Crippen LogP contribution in [0.25, 0.3) is 0 Å². The molecule has 1 aromatic rings. The SMILES string of the molecule is CCCN(CC)c1ccc(C(=O)NC2(CN)CCCC2)cn1. The average molecular weight is 304 g/mol. The number of anilines is 1. The molecule has 122 valence electrons. The number of carbonyl (C=O) groups is 1. The van der Waals surface area contributed by atoms with Crippen molar-refractivity contribution >= 4 is 11.7 Å². The molecule has 1 aromatic heterocycles. The van der Waals surface area contributed by atoms with Crippen molar-refractivity contribution < 1.29 is 4.79 Å². The molecule has 1 heterocycles. The van der Waals surface area contributed by atoms with E-state index in [2.05, 4.69) is 29.0 Å². The Bertz CT molecular complexity index is 480. The highest BCUT2D eigenvalue weighted by Crippen LogP contribution is 2.29. The molecule has 0 aromatic carbocycles. The van der Waals surface area contributed by atoms with Gasteiger partial charge in [-0.1, -0.05) is 19.8 Å². The fraction of sp³-hybridized carbons (Fsp3) is 0.647. The lowest BCUT2D eigenvalue weighted by Crippen LogP contribution is -2.51. The fourth-order valence-corrected chi connectivity index (χ4v) is 3.16. The standard InChI is InChI=1S/C17H28N4O/c1-3-11-21(4-2)15-8-7-14(12-19-15)16(22)20-17(13-18)9-5-6-10-17/h7-8,12H,3-6,9-11,13,18H2,1-2H3,(H,20,22). The van der Waals surface area contributed by atoms with Crippen LogP contribution in [0.15, 0.2) is 18.3 Å². The van der Waals surface area contributed by atoms with Gasteiger partial charge in [0.25, 0.3) is 5.91 Å². The van der Waals surface area contributed by atoms with E-state index in [1.807, 2.05) is 12.1 Å². The van der Waals surface area contributed by atoms with E-state index in [1.165, 1.54) is 0 Å². The van der Waals surface area contributed by atoms with Crippen molar-refractivity contribution in [2.75, 3.05) is 24.5 Å². The number of nitrogens with one attached hydrogen (secondary N) is 1. The molecule has 22 heavy (non-hydrogen) atoms. The van der Waals surface area contributed by atoms with Crippen LogP contribution < -0.4 is 16.0 Å². The van der Waals surface area contributed by atoms with Gasteiger partial charge in [0, 0.05) is 25.8 Å². The van der Waals surface area contributed by atoms with Gasteiger partial charge in [0.15, 0.2) is 0 Å². The van der Waals surface area contributed by atoms with Crippen LogP contribution in [-0.2, 0) is 0 Å². The number of aromatic nitrogens is 1. The number of pyridine rings is 1. The van der Waals surface area contributed by atoms with Crippen LogP contribution in [-0.4, -0.2) is 36.1 Å². The quantitative estimate of drug-likeness (QED) is 0.811. The second kappa shape index (κ2) is 7.58. The third-order valence-electron chi connectivity index (χ3n) is 4.54. The van der Waals surface area contributed by atoms with Crippen LogP contribution in [0.5, 0.6) is 0 Å². The van der Waals surface area contributed by atoms with E-state index in [0.717, 1.165) is 51.0 Å². The smallest absolute Gasteiger partial charge is 0.253 e. The third-order valence-corrected chi connectivity index (χ3v) is 4.54. The summed E-state index contributed by atoms with van der Waals surface area (Å²) in [4.78, 5) is 19.1. The first-order valence-corrected chi connectivity index (χ1v) is 8.37. The lowest BCUT2D eigenvalue weighted by atomic mass is 9.97. The van der Waals surface area contributed by atoms with Gasteiger partial charge in [0.2, 0.25) is 0 Å². The molecule has 0 radical (unpaired) electrons. The molecule has 0 atom stereocenters. The zero-order chi connectivity index (χ0) is 16.0. The highest BCUT2D eigenvalue weighted by Gasteiger charge is 2.34. The molecule has 1 amide bonds. The van der Waals surface area contributed by atoms with Crippen LogP contribution in [0.1, 0.15) is 56.3 Å². The highest BCUT2D eigenvalue weighted by atomic mass is 16.1. The summed E-state index contributed by atoms with van der Waals surface area (Å²) in [6.45, 7) is 6.67. The molecule has 3 N–H and O–H groups in total. The molecular formula is C17H28N4O. The molecule has 5 heteroatoms. The first kappa shape index (κ1) is 16.7. The van der Waals surface area contributed by atoms with Crippen LogP contribution >= 0.6 is 0 Å². The van der Waals surface area contributed by atoms with E-state index >= 15 is 0 Å². The molecule has 0 aliphatic heterocycles. The van der Waals surface area contributed by atoms with Crippen molar-refractivity contribution in [2.45, 2.75) is 51.5 Å². The zero-order valence-corrected chi connectivity index (χ0v) is 13.8. The zero-order valence-electron chi connectivity index (χ0n) is 13.8. The Morgan fingerprint density at radius 3 is 2.59 bits per heavy atom. The molecular weight excluding hydrogens is 276 g/mol. The van der Waals surface area contributed by atoms with Crippen molar-refractivity contribution in [3.8, 4) is 0 Å². The average Bonchev–Trinajstić information content (AvgIpc) is 3.02. The number of nitrogens with zero attached hydrogens (tertiary/aromatic N) is 2. The summed E-state index contributed by atoms with van der Waals surface area (Å²) < 4.78 is 0. The summed E-state index contributed by atoms with van der Waals surface area (Å²) in [6.07, 6.45) is 6.97. The molecule has 1 fully saturated rings. The Balaban J connectivity index is 2.04. The molecule has 0 spiro atoms. The van der Waals surface area contributed by atoms with Crippen LogP contribution in [0.3, 0.4) is 0 Å². The van der Waals surface area contributed by atoms with E-state index in [4.69, 9.17) is 5.73 Å². The molecule has 1 aliphatic rings. The number of hydrogen-bond donors (Lipinski definition) is 2. The molecule has 2 rings (SSSR count). The Kier molecular flexibility index (Phi) is 5.77. The van der Waals surface area contributed by atoms with Gasteiger partial charge in [-0.05, 0) is 38.3 Å². The molecule has 5 nitrogen and oxygen atoms in total. The predicted octanol–water partition coefficient (Wildman–Crippen LogP) is 2.32. The summed E-state index contributed by atoms with van der Waals surface area (Å²) in [5.41, 5.74) is 6.27. The van der Waals surface area contributed by atoms with Crippen LogP contribution in [0, 0.1) is 0 Å². The Morgan fingerprint density at radius 2 is 2.09 bits per heavy atom.